The summed E-state index contributed by atoms with van der Waals surface area (Å²) >= 11 is 0. The van der Waals surface area contributed by atoms with Gasteiger partial charge in [-0.15, -0.1) is 0 Å². The van der Waals surface area contributed by atoms with Crippen LogP contribution < -0.4 is 5.32 Å². The molecule has 0 aliphatic rings. The maximum absolute atomic E-state index is 3.60. The third-order valence-electron chi connectivity index (χ3n) is 3.31. The summed E-state index contributed by atoms with van der Waals surface area (Å²) in [6.07, 6.45) is 1.21. The van der Waals surface area contributed by atoms with E-state index in [0.29, 0.717) is 12.1 Å². The number of benzene rings is 1. The third kappa shape index (κ3) is 4.79. The zero-order valence-corrected chi connectivity index (χ0v) is 12.3. The van der Waals surface area contributed by atoms with Crippen molar-refractivity contribution in [3.05, 3.63) is 35.9 Å². The van der Waals surface area contributed by atoms with E-state index in [1.54, 1.807) is 0 Å². The molecule has 0 radical (unpaired) electrons. The van der Waals surface area contributed by atoms with Crippen molar-refractivity contribution in [1.29, 1.82) is 0 Å². The van der Waals surface area contributed by atoms with Gasteiger partial charge in [0.25, 0.3) is 0 Å². The fraction of sp³-hybridized carbons (Fsp3) is 0.625. The molecule has 0 spiro atoms. The summed E-state index contributed by atoms with van der Waals surface area (Å²) in [5, 5.41) is 3.60. The number of hydrogen-bond acceptors (Lipinski definition) is 2. The maximum atomic E-state index is 3.60. The summed E-state index contributed by atoms with van der Waals surface area (Å²) in [5.74, 6) is 0. The molecule has 18 heavy (non-hydrogen) atoms. The van der Waals surface area contributed by atoms with Gasteiger partial charge in [0.1, 0.15) is 0 Å². The monoisotopic (exact) mass is 248 g/mol. The Bertz CT molecular complexity index is 308. The summed E-state index contributed by atoms with van der Waals surface area (Å²) in [7, 11) is 0. The van der Waals surface area contributed by atoms with Crippen molar-refractivity contribution >= 4 is 0 Å². The highest BCUT2D eigenvalue weighted by Gasteiger charge is 2.16. The first-order valence-electron chi connectivity index (χ1n) is 7.21. The molecule has 0 aliphatic heterocycles. The minimum Gasteiger partial charge on any atom is -0.309 e. The minimum absolute atomic E-state index is 0.435. The van der Waals surface area contributed by atoms with E-state index in [2.05, 4.69) is 68.2 Å². The van der Waals surface area contributed by atoms with E-state index in [-0.39, 0.29) is 0 Å². The molecule has 0 fully saturated rings. The van der Waals surface area contributed by atoms with Crippen LogP contribution in [-0.4, -0.2) is 30.6 Å². The Morgan fingerprint density at radius 3 is 2.28 bits per heavy atom. The van der Waals surface area contributed by atoms with Crippen LogP contribution in [0.1, 0.15) is 45.7 Å². The Morgan fingerprint density at radius 1 is 1.11 bits per heavy atom. The van der Waals surface area contributed by atoms with Crippen LogP contribution >= 0.6 is 0 Å². The highest BCUT2D eigenvalue weighted by Crippen LogP contribution is 2.15. The van der Waals surface area contributed by atoms with Gasteiger partial charge in [-0.1, -0.05) is 44.2 Å². The van der Waals surface area contributed by atoms with Crippen LogP contribution in [0.4, 0.5) is 0 Å². The molecule has 1 aromatic rings. The van der Waals surface area contributed by atoms with Crippen molar-refractivity contribution in [2.75, 3.05) is 19.6 Å². The Kier molecular flexibility index (Phi) is 6.99. The average molecular weight is 248 g/mol. The summed E-state index contributed by atoms with van der Waals surface area (Å²) in [6.45, 7) is 12.3. The normalized spacial score (nSPS) is 13.2. The molecule has 2 heteroatoms. The van der Waals surface area contributed by atoms with Crippen molar-refractivity contribution < 1.29 is 0 Å². The summed E-state index contributed by atoms with van der Waals surface area (Å²) in [4.78, 5) is 2.56. The lowest BCUT2D eigenvalue weighted by Gasteiger charge is -2.31. The molecular formula is C16H28N2. The zero-order chi connectivity index (χ0) is 13.4. The largest absolute Gasteiger partial charge is 0.309 e. The number of hydrogen-bond donors (Lipinski definition) is 1. The SMILES string of the molecule is CCCN(CC(NCC)c1ccccc1)C(C)C. The van der Waals surface area contributed by atoms with Crippen molar-refractivity contribution in [2.24, 2.45) is 0 Å². The van der Waals surface area contributed by atoms with Crippen molar-refractivity contribution in [3.8, 4) is 0 Å². The lowest BCUT2D eigenvalue weighted by atomic mass is 10.1. The molecule has 1 unspecified atom stereocenters. The van der Waals surface area contributed by atoms with Gasteiger partial charge in [0, 0.05) is 18.6 Å². The highest BCUT2D eigenvalue weighted by molar-refractivity contribution is 5.19. The third-order valence-corrected chi connectivity index (χ3v) is 3.31. The molecule has 0 heterocycles. The molecule has 1 N–H and O–H groups in total. The van der Waals surface area contributed by atoms with E-state index in [9.17, 15) is 0 Å². The molecule has 2 nitrogen and oxygen atoms in total. The summed E-state index contributed by atoms with van der Waals surface area (Å²) in [6, 6.07) is 11.8. The van der Waals surface area contributed by atoms with Crippen LogP contribution in [0, 0.1) is 0 Å². The molecular weight excluding hydrogens is 220 g/mol. The van der Waals surface area contributed by atoms with Gasteiger partial charge < -0.3 is 5.32 Å². The molecule has 0 aromatic heterocycles. The molecule has 1 atom stereocenters. The predicted octanol–water partition coefficient (Wildman–Crippen LogP) is 3.46. The maximum Gasteiger partial charge on any atom is 0.0449 e. The van der Waals surface area contributed by atoms with Gasteiger partial charge >= 0.3 is 0 Å². The van der Waals surface area contributed by atoms with Crippen LogP contribution in [-0.2, 0) is 0 Å². The average Bonchev–Trinajstić information content (AvgIpc) is 2.38. The van der Waals surface area contributed by atoms with E-state index >= 15 is 0 Å². The minimum atomic E-state index is 0.435. The Morgan fingerprint density at radius 2 is 1.78 bits per heavy atom. The molecule has 0 amide bonds. The van der Waals surface area contributed by atoms with Crippen LogP contribution in [0.5, 0.6) is 0 Å². The van der Waals surface area contributed by atoms with Gasteiger partial charge in [-0.05, 0) is 38.9 Å². The van der Waals surface area contributed by atoms with Gasteiger partial charge in [-0.25, -0.2) is 0 Å². The van der Waals surface area contributed by atoms with E-state index < -0.39 is 0 Å². The lowest BCUT2D eigenvalue weighted by molar-refractivity contribution is 0.198. The molecule has 0 bridgehead atoms. The quantitative estimate of drug-likeness (QED) is 0.758. The van der Waals surface area contributed by atoms with Gasteiger partial charge in [-0.3, -0.25) is 4.90 Å². The van der Waals surface area contributed by atoms with Crippen LogP contribution in [0.2, 0.25) is 0 Å². The van der Waals surface area contributed by atoms with Gasteiger partial charge in [-0.2, -0.15) is 0 Å². The first-order chi connectivity index (χ1) is 8.69. The van der Waals surface area contributed by atoms with Gasteiger partial charge in [0.15, 0.2) is 0 Å². The molecule has 1 rings (SSSR count). The van der Waals surface area contributed by atoms with E-state index in [0.717, 1.165) is 13.1 Å². The van der Waals surface area contributed by atoms with E-state index in [4.69, 9.17) is 0 Å². The molecule has 0 aliphatic carbocycles. The second kappa shape index (κ2) is 8.28. The molecule has 0 saturated carbocycles. The first kappa shape index (κ1) is 15.2. The number of nitrogens with zero attached hydrogens (tertiary/aromatic N) is 1. The van der Waals surface area contributed by atoms with Gasteiger partial charge in [0.2, 0.25) is 0 Å². The Balaban J connectivity index is 2.72. The van der Waals surface area contributed by atoms with Gasteiger partial charge in [0.05, 0.1) is 0 Å². The fourth-order valence-electron chi connectivity index (χ4n) is 2.30. The lowest BCUT2D eigenvalue weighted by Crippen LogP contribution is -2.39. The zero-order valence-electron chi connectivity index (χ0n) is 12.3. The number of likely N-dealkylation sites (N-methyl/N-ethyl adjacent to an activating group) is 1. The summed E-state index contributed by atoms with van der Waals surface area (Å²) < 4.78 is 0. The Hall–Kier alpha value is -0.860. The molecule has 102 valence electrons. The second-order valence-electron chi connectivity index (χ2n) is 5.11. The topological polar surface area (TPSA) is 15.3 Å². The number of nitrogens with one attached hydrogen (secondary N) is 1. The Labute approximate surface area is 112 Å². The predicted molar refractivity (Wildman–Crippen MR) is 79.9 cm³/mol. The van der Waals surface area contributed by atoms with E-state index in [1.165, 1.54) is 18.5 Å². The van der Waals surface area contributed by atoms with Crippen molar-refractivity contribution in [3.63, 3.8) is 0 Å². The van der Waals surface area contributed by atoms with Crippen LogP contribution in [0.25, 0.3) is 0 Å². The van der Waals surface area contributed by atoms with E-state index in [1.807, 2.05) is 0 Å². The molecule has 0 saturated heterocycles. The fourth-order valence-corrected chi connectivity index (χ4v) is 2.30. The second-order valence-corrected chi connectivity index (χ2v) is 5.11. The smallest absolute Gasteiger partial charge is 0.0449 e. The van der Waals surface area contributed by atoms with Crippen LogP contribution in [0.3, 0.4) is 0 Å². The number of rotatable bonds is 8. The first-order valence-corrected chi connectivity index (χ1v) is 7.21. The van der Waals surface area contributed by atoms with Crippen molar-refractivity contribution in [2.45, 2.75) is 46.2 Å². The van der Waals surface area contributed by atoms with Crippen LogP contribution in [0.15, 0.2) is 30.3 Å². The standard InChI is InChI=1S/C16H28N2/c1-5-12-18(14(3)4)13-16(17-6-2)15-10-8-7-9-11-15/h7-11,14,16-17H,5-6,12-13H2,1-4H3. The summed E-state index contributed by atoms with van der Waals surface area (Å²) in [5.41, 5.74) is 1.39. The molecule has 1 aromatic carbocycles. The highest BCUT2D eigenvalue weighted by atomic mass is 15.2. The van der Waals surface area contributed by atoms with Crippen molar-refractivity contribution in [1.82, 2.24) is 10.2 Å².